The van der Waals surface area contributed by atoms with Crippen LogP contribution in [0.2, 0.25) is 0 Å². The molecule has 2 rings (SSSR count). The van der Waals surface area contributed by atoms with E-state index < -0.39 is 0 Å². The molecule has 1 atom stereocenters. The molecule has 5 heteroatoms. The summed E-state index contributed by atoms with van der Waals surface area (Å²) in [6.07, 6.45) is 0. The van der Waals surface area contributed by atoms with Crippen molar-refractivity contribution in [1.82, 2.24) is 10.2 Å². The van der Waals surface area contributed by atoms with E-state index in [1.807, 2.05) is 0 Å². The Morgan fingerprint density at radius 2 is 2.16 bits per heavy atom. The van der Waals surface area contributed by atoms with E-state index in [0.717, 1.165) is 43.7 Å². The third kappa shape index (κ3) is 4.75. The van der Waals surface area contributed by atoms with Crippen LogP contribution < -0.4 is 10.6 Å². The Bertz CT molecular complexity index is 408. The van der Waals surface area contributed by atoms with Gasteiger partial charge in [0, 0.05) is 43.7 Å². The maximum atomic E-state index is 13.6. The highest BCUT2D eigenvalue weighted by Crippen LogP contribution is 2.20. The fourth-order valence-corrected chi connectivity index (χ4v) is 2.68. The number of halogens is 2. The molecule has 1 unspecified atom stereocenters. The van der Waals surface area contributed by atoms with E-state index in [1.165, 1.54) is 6.07 Å². The summed E-state index contributed by atoms with van der Waals surface area (Å²) in [5.74, 6) is 0.300. The van der Waals surface area contributed by atoms with E-state index in [9.17, 15) is 4.39 Å². The lowest BCUT2D eigenvalue weighted by Crippen LogP contribution is -2.45. The van der Waals surface area contributed by atoms with Gasteiger partial charge in [-0.2, -0.15) is 0 Å². The molecule has 1 fully saturated rings. The second-order valence-corrected chi connectivity index (χ2v) is 6.08. The first kappa shape index (κ1) is 14.8. The van der Waals surface area contributed by atoms with Crippen molar-refractivity contribution in [2.45, 2.75) is 6.92 Å². The number of hydrogen-bond acceptors (Lipinski definition) is 3. The minimum atomic E-state index is -0.197. The second kappa shape index (κ2) is 7.22. The number of nitrogens with one attached hydrogen (secondary N) is 2. The highest BCUT2D eigenvalue weighted by molar-refractivity contribution is 9.10. The Balaban J connectivity index is 1.79. The molecule has 1 aromatic rings. The van der Waals surface area contributed by atoms with Crippen LogP contribution in [0.1, 0.15) is 6.92 Å². The van der Waals surface area contributed by atoms with E-state index in [-0.39, 0.29) is 5.82 Å². The Morgan fingerprint density at radius 3 is 2.89 bits per heavy atom. The lowest BCUT2D eigenvalue weighted by molar-refractivity contribution is 0.215. The fourth-order valence-electron chi connectivity index (χ4n) is 2.32. The predicted molar refractivity (Wildman–Crippen MR) is 81.1 cm³/mol. The average Bonchev–Trinajstić information content (AvgIpc) is 2.41. The van der Waals surface area contributed by atoms with Gasteiger partial charge in [-0.15, -0.1) is 0 Å². The molecular formula is C14H21BrFN3. The molecule has 0 aromatic heterocycles. The first-order valence-corrected chi connectivity index (χ1v) is 7.56. The van der Waals surface area contributed by atoms with Crippen molar-refractivity contribution in [2.24, 2.45) is 5.92 Å². The molecule has 0 aliphatic carbocycles. The summed E-state index contributed by atoms with van der Waals surface area (Å²) >= 11 is 3.36. The zero-order chi connectivity index (χ0) is 13.7. The van der Waals surface area contributed by atoms with Crippen molar-refractivity contribution in [3.05, 3.63) is 28.5 Å². The first-order valence-electron chi connectivity index (χ1n) is 6.77. The van der Waals surface area contributed by atoms with Gasteiger partial charge >= 0.3 is 0 Å². The lowest BCUT2D eigenvalue weighted by Gasteiger charge is -2.29. The molecule has 1 heterocycles. The van der Waals surface area contributed by atoms with Crippen LogP contribution >= 0.6 is 15.9 Å². The van der Waals surface area contributed by atoms with Gasteiger partial charge in [-0.05, 0) is 24.1 Å². The van der Waals surface area contributed by atoms with Crippen LogP contribution in [-0.2, 0) is 0 Å². The summed E-state index contributed by atoms with van der Waals surface area (Å²) in [7, 11) is 0. The number of rotatable bonds is 5. The summed E-state index contributed by atoms with van der Waals surface area (Å²) in [5.41, 5.74) is 0.571. The molecule has 3 nitrogen and oxygen atoms in total. The first-order chi connectivity index (χ1) is 9.15. The maximum Gasteiger partial charge on any atom is 0.146 e. The number of benzene rings is 1. The minimum Gasteiger partial charge on any atom is -0.382 e. The largest absolute Gasteiger partial charge is 0.382 e. The molecule has 19 heavy (non-hydrogen) atoms. The summed E-state index contributed by atoms with van der Waals surface area (Å²) in [4.78, 5) is 2.46. The van der Waals surface area contributed by atoms with Crippen molar-refractivity contribution >= 4 is 21.6 Å². The summed E-state index contributed by atoms with van der Waals surface area (Å²) in [6, 6.07) is 4.98. The van der Waals surface area contributed by atoms with Crippen molar-refractivity contribution in [2.75, 3.05) is 44.6 Å². The van der Waals surface area contributed by atoms with Crippen LogP contribution in [0.5, 0.6) is 0 Å². The fraction of sp³-hybridized carbons (Fsp3) is 0.571. The van der Waals surface area contributed by atoms with E-state index >= 15 is 0 Å². The molecule has 0 radical (unpaired) electrons. The predicted octanol–water partition coefficient (Wildman–Crippen LogP) is 2.54. The molecule has 0 bridgehead atoms. The van der Waals surface area contributed by atoms with Gasteiger partial charge in [0.05, 0.1) is 5.69 Å². The molecular weight excluding hydrogens is 309 g/mol. The van der Waals surface area contributed by atoms with Crippen LogP contribution in [0.25, 0.3) is 0 Å². The van der Waals surface area contributed by atoms with Gasteiger partial charge in [0.15, 0.2) is 0 Å². The Hall–Kier alpha value is -0.650. The normalized spacial score (nSPS) is 18.3. The van der Waals surface area contributed by atoms with Gasteiger partial charge in [0.2, 0.25) is 0 Å². The van der Waals surface area contributed by atoms with Crippen LogP contribution in [0.15, 0.2) is 22.7 Å². The van der Waals surface area contributed by atoms with Crippen LogP contribution in [-0.4, -0.2) is 44.2 Å². The Labute approximate surface area is 122 Å². The van der Waals surface area contributed by atoms with E-state index in [2.05, 4.69) is 38.4 Å². The van der Waals surface area contributed by atoms with Crippen LogP contribution in [0.4, 0.5) is 10.1 Å². The highest BCUT2D eigenvalue weighted by Gasteiger charge is 2.13. The van der Waals surface area contributed by atoms with Gasteiger partial charge in [0.25, 0.3) is 0 Å². The van der Waals surface area contributed by atoms with Crippen molar-refractivity contribution in [1.29, 1.82) is 0 Å². The minimum absolute atomic E-state index is 0.197. The number of anilines is 1. The highest BCUT2D eigenvalue weighted by atomic mass is 79.9. The zero-order valence-corrected chi connectivity index (χ0v) is 12.8. The average molecular weight is 330 g/mol. The molecule has 2 N–H and O–H groups in total. The Morgan fingerprint density at radius 1 is 1.42 bits per heavy atom. The van der Waals surface area contributed by atoms with Gasteiger partial charge in [-0.1, -0.05) is 22.9 Å². The summed E-state index contributed by atoms with van der Waals surface area (Å²) in [6.45, 7) is 8.40. The van der Waals surface area contributed by atoms with Crippen molar-refractivity contribution in [3.63, 3.8) is 0 Å². The Kier molecular flexibility index (Phi) is 5.60. The molecule has 0 spiro atoms. The third-order valence-electron chi connectivity index (χ3n) is 3.35. The van der Waals surface area contributed by atoms with Gasteiger partial charge in [-0.25, -0.2) is 4.39 Å². The molecule has 1 saturated heterocycles. The summed E-state index contributed by atoms with van der Waals surface area (Å²) in [5, 5.41) is 6.54. The number of piperazine rings is 1. The summed E-state index contributed by atoms with van der Waals surface area (Å²) < 4.78 is 14.5. The second-order valence-electron chi connectivity index (χ2n) is 5.16. The van der Waals surface area contributed by atoms with Crippen LogP contribution in [0.3, 0.4) is 0 Å². The number of hydrogen-bond donors (Lipinski definition) is 2. The van der Waals surface area contributed by atoms with E-state index in [0.29, 0.717) is 11.6 Å². The lowest BCUT2D eigenvalue weighted by atomic mass is 10.1. The third-order valence-corrected chi connectivity index (χ3v) is 3.84. The monoisotopic (exact) mass is 329 g/mol. The van der Waals surface area contributed by atoms with E-state index in [4.69, 9.17) is 0 Å². The quantitative estimate of drug-likeness (QED) is 0.869. The molecule has 1 aliphatic rings. The van der Waals surface area contributed by atoms with Crippen molar-refractivity contribution in [3.8, 4) is 0 Å². The topological polar surface area (TPSA) is 27.3 Å². The smallest absolute Gasteiger partial charge is 0.146 e. The molecule has 1 aromatic carbocycles. The van der Waals surface area contributed by atoms with Gasteiger partial charge in [0.1, 0.15) is 5.82 Å². The molecule has 1 aliphatic heterocycles. The van der Waals surface area contributed by atoms with Crippen molar-refractivity contribution < 1.29 is 4.39 Å². The number of nitrogens with zero attached hydrogens (tertiary/aromatic N) is 1. The van der Waals surface area contributed by atoms with Gasteiger partial charge in [-0.3, -0.25) is 0 Å². The molecule has 106 valence electrons. The zero-order valence-electron chi connectivity index (χ0n) is 11.3. The maximum absolute atomic E-state index is 13.6. The van der Waals surface area contributed by atoms with Crippen LogP contribution in [0, 0.1) is 11.7 Å². The van der Waals surface area contributed by atoms with Gasteiger partial charge < -0.3 is 15.5 Å². The molecule has 0 saturated carbocycles. The molecule has 0 amide bonds. The SMILES string of the molecule is CC(CNc1cc(Br)ccc1F)CN1CCNCC1. The van der Waals surface area contributed by atoms with E-state index in [1.54, 1.807) is 12.1 Å². The standard InChI is InChI=1S/C14H21BrFN3/c1-11(10-19-6-4-17-5-7-19)9-18-14-8-12(15)2-3-13(14)16/h2-3,8,11,17-18H,4-7,9-10H2,1H3.